The third kappa shape index (κ3) is 3.18. The van der Waals surface area contributed by atoms with Gasteiger partial charge in [-0.15, -0.1) is 11.3 Å². The molecule has 0 unspecified atom stereocenters. The molecule has 3 heteroatoms. The van der Waals surface area contributed by atoms with Crippen molar-refractivity contribution < 1.29 is 4.79 Å². The van der Waals surface area contributed by atoms with Gasteiger partial charge in [0.2, 0.25) is 0 Å². The molecule has 0 spiro atoms. The highest BCUT2D eigenvalue weighted by atomic mass is 32.1. The summed E-state index contributed by atoms with van der Waals surface area (Å²) in [5.41, 5.74) is 4.52. The Kier molecular flexibility index (Phi) is 4.39. The number of anilines is 1. The van der Waals surface area contributed by atoms with Crippen LogP contribution in [-0.2, 0) is 19.3 Å². The number of fused-ring (bicyclic) bond motifs is 1. The first-order valence-electron chi connectivity index (χ1n) is 7.77. The van der Waals surface area contributed by atoms with E-state index in [1.54, 1.807) is 11.3 Å². The number of carbonyl (C=O) groups is 1. The van der Waals surface area contributed by atoms with Crippen molar-refractivity contribution in [1.82, 2.24) is 0 Å². The highest BCUT2D eigenvalue weighted by molar-refractivity contribution is 7.10. The molecular weight excluding hydrogens is 278 g/mol. The molecule has 0 radical (unpaired) electrons. The molecule has 0 saturated heterocycles. The Labute approximate surface area is 130 Å². The number of benzene rings is 1. The summed E-state index contributed by atoms with van der Waals surface area (Å²) in [6, 6.07) is 8.30. The van der Waals surface area contributed by atoms with Gasteiger partial charge in [0.15, 0.2) is 0 Å². The Morgan fingerprint density at radius 1 is 1.29 bits per heavy atom. The van der Waals surface area contributed by atoms with Crippen molar-refractivity contribution in [2.75, 3.05) is 5.32 Å². The lowest BCUT2D eigenvalue weighted by Gasteiger charge is -2.19. The smallest absolute Gasteiger partial charge is 0.256 e. The van der Waals surface area contributed by atoms with Crippen LogP contribution in [0.5, 0.6) is 0 Å². The standard InChI is InChI=1S/C18H21NOS/c1-2-6-15-11-14(12-21-15)18(20)19-17-10-5-8-13-7-3-4-9-16(13)17/h5,8,10-12H,2-4,6-7,9H2,1H3,(H,19,20). The third-order valence-corrected chi connectivity index (χ3v) is 5.05. The van der Waals surface area contributed by atoms with Gasteiger partial charge in [0.25, 0.3) is 5.91 Å². The van der Waals surface area contributed by atoms with Crippen molar-refractivity contribution in [1.29, 1.82) is 0 Å². The minimum atomic E-state index is 0.0209. The van der Waals surface area contributed by atoms with E-state index >= 15 is 0 Å². The predicted molar refractivity (Wildman–Crippen MR) is 89.4 cm³/mol. The summed E-state index contributed by atoms with van der Waals surface area (Å²) in [6.07, 6.45) is 6.87. The fourth-order valence-corrected chi connectivity index (χ4v) is 3.94. The molecule has 0 saturated carbocycles. The third-order valence-electron chi connectivity index (χ3n) is 4.06. The lowest BCUT2D eigenvalue weighted by Crippen LogP contribution is -2.14. The molecule has 0 bridgehead atoms. The molecule has 1 aromatic heterocycles. The van der Waals surface area contributed by atoms with Crippen molar-refractivity contribution in [2.24, 2.45) is 0 Å². The molecule has 1 heterocycles. The Balaban J connectivity index is 1.78. The highest BCUT2D eigenvalue weighted by Gasteiger charge is 2.15. The summed E-state index contributed by atoms with van der Waals surface area (Å²) < 4.78 is 0. The maximum atomic E-state index is 12.4. The van der Waals surface area contributed by atoms with E-state index in [9.17, 15) is 4.79 Å². The number of aryl methyl sites for hydroxylation is 2. The molecule has 1 aliphatic rings. The minimum absolute atomic E-state index is 0.0209. The summed E-state index contributed by atoms with van der Waals surface area (Å²) in [5, 5.41) is 5.08. The van der Waals surface area contributed by atoms with Gasteiger partial charge in [-0.1, -0.05) is 25.5 Å². The Bertz CT molecular complexity index is 644. The highest BCUT2D eigenvalue weighted by Crippen LogP contribution is 2.28. The monoisotopic (exact) mass is 299 g/mol. The Hall–Kier alpha value is -1.61. The number of carbonyl (C=O) groups excluding carboxylic acids is 1. The number of hydrogen-bond donors (Lipinski definition) is 1. The molecular formula is C18H21NOS. The number of thiophene rings is 1. The largest absolute Gasteiger partial charge is 0.322 e. The molecule has 0 aliphatic heterocycles. The maximum Gasteiger partial charge on any atom is 0.256 e. The second-order valence-corrected chi connectivity index (χ2v) is 6.65. The number of nitrogens with one attached hydrogen (secondary N) is 1. The van der Waals surface area contributed by atoms with E-state index in [1.165, 1.54) is 28.8 Å². The molecule has 1 aliphatic carbocycles. The molecule has 2 nitrogen and oxygen atoms in total. The zero-order valence-corrected chi connectivity index (χ0v) is 13.3. The molecule has 0 fully saturated rings. The van der Waals surface area contributed by atoms with Crippen LogP contribution in [0.15, 0.2) is 29.6 Å². The van der Waals surface area contributed by atoms with Crippen LogP contribution in [0.2, 0.25) is 0 Å². The fraction of sp³-hybridized carbons (Fsp3) is 0.389. The van der Waals surface area contributed by atoms with E-state index in [4.69, 9.17) is 0 Å². The van der Waals surface area contributed by atoms with Crippen molar-refractivity contribution in [3.8, 4) is 0 Å². The zero-order chi connectivity index (χ0) is 14.7. The van der Waals surface area contributed by atoms with E-state index in [1.807, 2.05) is 17.5 Å². The molecule has 1 amide bonds. The van der Waals surface area contributed by atoms with Crippen molar-refractivity contribution in [2.45, 2.75) is 45.4 Å². The van der Waals surface area contributed by atoms with Crippen molar-refractivity contribution >= 4 is 22.9 Å². The average Bonchev–Trinajstić information content (AvgIpc) is 2.97. The Morgan fingerprint density at radius 2 is 2.14 bits per heavy atom. The molecule has 1 aromatic carbocycles. The number of rotatable bonds is 4. The van der Waals surface area contributed by atoms with E-state index in [0.717, 1.165) is 36.9 Å². The van der Waals surface area contributed by atoms with Crippen molar-refractivity contribution in [3.05, 3.63) is 51.2 Å². The number of hydrogen-bond acceptors (Lipinski definition) is 2. The van der Waals surface area contributed by atoms with Gasteiger partial charge in [0, 0.05) is 15.9 Å². The fourth-order valence-electron chi connectivity index (χ4n) is 2.97. The van der Waals surface area contributed by atoms with E-state index in [2.05, 4.69) is 24.4 Å². The lowest BCUT2D eigenvalue weighted by atomic mass is 9.90. The van der Waals surface area contributed by atoms with Gasteiger partial charge in [-0.3, -0.25) is 4.79 Å². The van der Waals surface area contributed by atoms with Gasteiger partial charge in [-0.25, -0.2) is 0 Å². The van der Waals surface area contributed by atoms with Crippen LogP contribution < -0.4 is 5.32 Å². The van der Waals surface area contributed by atoms with Gasteiger partial charge in [0.1, 0.15) is 0 Å². The first-order chi connectivity index (χ1) is 10.3. The van der Waals surface area contributed by atoms with Gasteiger partial charge in [-0.2, -0.15) is 0 Å². The average molecular weight is 299 g/mol. The predicted octanol–water partition coefficient (Wildman–Crippen LogP) is 4.83. The van der Waals surface area contributed by atoms with Crippen LogP contribution in [0.4, 0.5) is 5.69 Å². The first kappa shape index (κ1) is 14.3. The first-order valence-corrected chi connectivity index (χ1v) is 8.65. The molecule has 2 aromatic rings. The van der Waals surface area contributed by atoms with Gasteiger partial charge < -0.3 is 5.32 Å². The van der Waals surface area contributed by atoms with E-state index in [-0.39, 0.29) is 5.91 Å². The topological polar surface area (TPSA) is 29.1 Å². The van der Waals surface area contributed by atoms with Crippen LogP contribution >= 0.6 is 11.3 Å². The second-order valence-electron chi connectivity index (χ2n) is 5.66. The second kappa shape index (κ2) is 6.44. The minimum Gasteiger partial charge on any atom is -0.322 e. The van der Waals surface area contributed by atoms with Gasteiger partial charge in [0.05, 0.1) is 5.56 Å². The molecule has 1 N–H and O–H groups in total. The van der Waals surface area contributed by atoms with Crippen LogP contribution in [0.25, 0.3) is 0 Å². The molecule has 110 valence electrons. The van der Waals surface area contributed by atoms with Gasteiger partial charge in [-0.05, 0) is 55.4 Å². The van der Waals surface area contributed by atoms with Gasteiger partial charge >= 0.3 is 0 Å². The quantitative estimate of drug-likeness (QED) is 0.860. The van der Waals surface area contributed by atoms with E-state index < -0.39 is 0 Å². The summed E-state index contributed by atoms with van der Waals surface area (Å²) in [6.45, 7) is 2.16. The summed E-state index contributed by atoms with van der Waals surface area (Å²) in [7, 11) is 0. The summed E-state index contributed by atoms with van der Waals surface area (Å²) in [4.78, 5) is 13.7. The SMILES string of the molecule is CCCc1cc(C(=O)Nc2cccc3c2CCCC3)cs1. The maximum absolute atomic E-state index is 12.4. The van der Waals surface area contributed by atoms with E-state index in [0.29, 0.717) is 0 Å². The summed E-state index contributed by atoms with van der Waals surface area (Å²) in [5.74, 6) is 0.0209. The van der Waals surface area contributed by atoms with Crippen LogP contribution in [0, 0.1) is 0 Å². The molecule has 3 rings (SSSR count). The zero-order valence-electron chi connectivity index (χ0n) is 12.4. The van der Waals surface area contributed by atoms with Crippen LogP contribution in [-0.4, -0.2) is 5.91 Å². The normalized spacial score (nSPS) is 13.8. The molecule has 0 atom stereocenters. The number of amides is 1. The van der Waals surface area contributed by atoms with Crippen LogP contribution in [0.1, 0.15) is 52.5 Å². The summed E-state index contributed by atoms with van der Waals surface area (Å²) >= 11 is 1.68. The molecule has 21 heavy (non-hydrogen) atoms. The Morgan fingerprint density at radius 3 is 3.00 bits per heavy atom. The lowest BCUT2D eigenvalue weighted by molar-refractivity contribution is 0.102. The van der Waals surface area contributed by atoms with Crippen LogP contribution in [0.3, 0.4) is 0 Å². The van der Waals surface area contributed by atoms with Crippen molar-refractivity contribution in [3.63, 3.8) is 0 Å².